The monoisotopic (exact) mass is 453 g/mol. The lowest BCUT2D eigenvalue weighted by molar-refractivity contribution is -0.150. The molecule has 0 amide bonds. The van der Waals surface area contributed by atoms with Crippen molar-refractivity contribution in [3.05, 3.63) is 119 Å². The maximum Gasteiger partial charge on any atom is 0.323 e. The molecule has 1 aliphatic carbocycles. The quantitative estimate of drug-likeness (QED) is 0.229. The van der Waals surface area contributed by atoms with Crippen LogP contribution < -0.4 is 0 Å². The lowest BCUT2D eigenvalue weighted by Gasteiger charge is -2.31. The number of hydrogen-bond acceptors (Lipinski definition) is 3. The summed E-state index contributed by atoms with van der Waals surface area (Å²) in [6, 6.07) is 31.1. The van der Waals surface area contributed by atoms with Gasteiger partial charge in [0, 0.05) is 13.1 Å². The first-order valence-electron chi connectivity index (χ1n) is 12.4. The third-order valence-electron chi connectivity index (χ3n) is 6.43. The third kappa shape index (κ3) is 7.16. The van der Waals surface area contributed by atoms with Crippen molar-refractivity contribution in [2.24, 2.45) is 5.92 Å². The van der Waals surface area contributed by atoms with Gasteiger partial charge in [0.2, 0.25) is 0 Å². The Morgan fingerprint density at radius 1 is 0.853 bits per heavy atom. The summed E-state index contributed by atoms with van der Waals surface area (Å²) in [6.45, 7) is 3.69. The van der Waals surface area contributed by atoms with E-state index < -0.39 is 0 Å². The summed E-state index contributed by atoms with van der Waals surface area (Å²) in [5.74, 6) is 0.469. The maximum atomic E-state index is 13.3. The number of rotatable bonds is 12. The van der Waals surface area contributed by atoms with Crippen molar-refractivity contribution < 1.29 is 9.53 Å². The number of esters is 1. The molecule has 0 aromatic heterocycles. The van der Waals surface area contributed by atoms with Gasteiger partial charge in [0.15, 0.2) is 0 Å². The smallest absolute Gasteiger partial charge is 0.323 e. The van der Waals surface area contributed by atoms with Gasteiger partial charge in [-0.15, -0.1) is 0 Å². The fourth-order valence-corrected chi connectivity index (χ4v) is 4.47. The van der Waals surface area contributed by atoms with E-state index in [2.05, 4.69) is 89.8 Å². The van der Waals surface area contributed by atoms with Gasteiger partial charge in [-0.3, -0.25) is 9.69 Å². The Balaban J connectivity index is 1.61. The first-order valence-corrected chi connectivity index (χ1v) is 12.4. The summed E-state index contributed by atoms with van der Waals surface area (Å²) >= 11 is 0. The minimum atomic E-state index is -0.317. The van der Waals surface area contributed by atoms with Crippen LogP contribution in [0.2, 0.25) is 0 Å². The highest BCUT2D eigenvalue weighted by molar-refractivity contribution is 5.76. The van der Waals surface area contributed by atoms with Gasteiger partial charge >= 0.3 is 5.97 Å². The Labute approximate surface area is 204 Å². The van der Waals surface area contributed by atoms with Crippen LogP contribution in [-0.2, 0) is 29.0 Å². The predicted octanol–water partition coefficient (Wildman–Crippen LogP) is 6.59. The molecule has 3 nitrogen and oxygen atoms in total. The third-order valence-corrected chi connectivity index (χ3v) is 6.43. The van der Waals surface area contributed by atoms with Gasteiger partial charge in [-0.2, -0.15) is 0 Å². The Morgan fingerprint density at radius 3 is 1.82 bits per heavy atom. The summed E-state index contributed by atoms with van der Waals surface area (Å²) in [5, 5.41) is 0. The molecule has 0 heterocycles. The molecular weight excluding hydrogens is 418 g/mol. The molecule has 1 unspecified atom stereocenters. The van der Waals surface area contributed by atoms with Gasteiger partial charge in [0.05, 0.1) is 6.61 Å². The van der Waals surface area contributed by atoms with Crippen LogP contribution >= 0.6 is 0 Å². The van der Waals surface area contributed by atoms with Crippen molar-refractivity contribution in [3.8, 4) is 0 Å². The zero-order valence-corrected chi connectivity index (χ0v) is 20.1. The maximum absolute atomic E-state index is 13.3. The second kappa shape index (κ2) is 12.3. The summed E-state index contributed by atoms with van der Waals surface area (Å²) in [4.78, 5) is 15.6. The second-order valence-electron chi connectivity index (χ2n) is 9.09. The van der Waals surface area contributed by atoms with E-state index in [1.165, 1.54) is 35.1 Å². The molecule has 34 heavy (non-hydrogen) atoms. The van der Waals surface area contributed by atoms with Gasteiger partial charge in [-0.05, 0) is 55.2 Å². The Kier molecular flexibility index (Phi) is 8.70. The zero-order valence-electron chi connectivity index (χ0n) is 20.1. The number of carbonyl (C=O) groups is 1. The van der Waals surface area contributed by atoms with Crippen LogP contribution in [0, 0.1) is 5.92 Å². The van der Waals surface area contributed by atoms with Crippen molar-refractivity contribution in [2.45, 2.75) is 51.7 Å². The van der Waals surface area contributed by atoms with E-state index in [-0.39, 0.29) is 12.0 Å². The molecule has 0 saturated heterocycles. The summed E-state index contributed by atoms with van der Waals surface area (Å²) < 4.78 is 5.62. The van der Waals surface area contributed by atoms with Gasteiger partial charge in [-0.25, -0.2) is 0 Å². The van der Waals surface area contributed by atoms with E-state index in [1.54, 1.807) is 0 Å². The molecule has 0 N–H and O–H groups in total. The van der Waals surface area contributed by atoms with Crippen molar-refractivity contribution in [3.63, 3.8) is 0 Å². The highest BCUT2D eigenvalue weighted by Gasteiger charge is 2.33. The lowest BCUT2D eigenvalue weighted by atomic mass is 9.97. The van der Waals surface area contributed by atoms with E-state index in [0.29, 0.717) is 25.6 Å². The van der Waals surface area contributed by atoms with Crippen molar-refractivity contribution >= 4 is 5.97 Å². The van der Waals surface area contributed by atoms with E-state index >= 15 is 0 Å². The summed E-state index contributed by atoms with van der Waals surface area (Å²) in [6.07, 6.45) is 6.42. The molecule has 1 atom stereocenters. The number of ether oxygens (including phenoxy) is 1. The fraction of sp³-hybridized carbons (Fsp3) is 0.323. The van der Waals surface area contributed by atoms with Gasteiger partial charge < -0.3 is 4.74 Å². The average Bonchev–Trinajstić information content (AvgIpc) is 3.71. The molecule has 3 aromatic carbocycles. The molecule has 3 heteroatoms. The molecule has 176 valence electrons. The van der Waals surface area contributed by atoms with Gasteiger partial charge in [-0.1, -0.05) is 103 Å². The minimum Gasteiger partial charge on any atom is -0.465 e. The van der Waals surface area contributed by atoms with Gasteiger partial charge in [0.25, 0.3) is 0 Å². The van der Waals surface area contributed by atoms with Crippen molar-refractivity contribution in [1.29, 1.82) is 0 Å². The molecular formula is C31H35NO2. The number of allylic oxidation sites excluding steroid dienone is 1. The topological polar surface area (TPSA) is 29.5 Å². The Bertz CT molecular complexity index is 1000. The second-order valence-corrected chi connectivity index (χ2v) is 9.09. The van der Waals surface area contributed by atoms with Gasteiger partial charge in [0.1, 0.15) is 6.04 Å². The summed E-state index contributed by atoms with van der Waals surface area (Å²) in [5.41, 5.74) is 5.11. The van der Waals surface area contributed by atoms with Crippen LogP contribution in [0.4, 0.5) is 0 Å². The number of nitrogens with zero attached hydrogens (tertiary/aromatic N) is 1. The molecule has 0 radical (unpaired) electrons. The molecule has 1 fully saturated rings. The number of benzene rings is 3. The SMILES string of the molecule is CCOC(=O)C(C/C(=C/Cc1ccccc1)C1CC1)N(Cc1ccccc1)Cc1ccccc1. The van der Waals surface area contributed by atoms with Crippen LogP contribution in [0.3, 0.4) is 0 Å². The fourth-order valence-electron chi connectivity index (χ4n) is 4.47. The van der Waals surface area contributed by atoms with Crippen molar-refractivity contribution in [1.82, 2.24) is 4.90 Å². The van der Waals surface area contributed by atoms with E-state index in [9.17, 15) is 4.79 Å². The largest absolute Gasteiger partial charge is 0.465 e. The molecule has 1 aliphatic rings. The predicted molar refractivity (Wildman–Crippen MR) is 138 cm³/mol. The molecule has 0 bridgehead atoms. The van der Waals surface area contributed by atoms with E-state index in [1.807, 2.05) is 19.1 Å². The first-order chi connectivity index (χ1) is 16.7. The standard InChI is InChI=1S/C31H35NO2/c1-2-34-31(33)30(22-29(28-20-21-28)19-18-25-12-6-3-7-13-25)32(23-26-14-8-4-9-15-26)24-27-16-10-5-11-17-27/h3-17,19,28,30H,2,18,20-24H2,1H3/b29-19-. The van der Waals surface area contributed by atoms with Crippen molar-refractivity contribution in [2.75, 3.05) is 6.61 Å². The number of carbonyl (C=O) groups excluding carboxylic acids is 1. The first kappa shape index (κ1) is 24.0. The van der Waals surface area contributed by atoms with Crippen LogP contribution in [0.25, 0.3) is 0 Å². The average molecular weight is 454 g/mol. The van der Waals surface area contributed by atoms with E-state index in [4.69, 9.17) is 4.74 Å². The normalized spacial score (nSPS) is 14.7. The molecule has 0 aliphatic heterocycles. The minimum absolute atomic E-state index is 0.124. The Hall–Kier alpha value is -3.17. The summed E-state index contributed by atoms with van der Waals surface area (Å²) in [7, 11) is 0. The van der Waals surface area contributed by atoms with Crippen LogP contribution in [0.1, 0.15) is 42.9 Å². The van der Waals surface area contributed by atoms with E-state index in [0.717, 1.165) is 12.8 Å². The van der Waals surface area contributed by atoms with Crippen LogP contribution in [0.15, 0.2) is 103 Å². The highest BCUT2D eigenvalue weighted by Crippen LogP contribution is 2.39. The highest BCUT2D eigenvalue weighted by atomic mass is 16.5. The van der Waals surface area contributed by atoms with Crippen LogP contribution in [-0.4, -0.2) is 23.5 Å². The lowest BCUT2D eigenvalue weighted by Crippen LogP contribution is -2.42. The molecule has 0 spiro atoms. The zero-order chi connectivity index (χ0) is 23.6. The number of hydrogen-bond donors (Lipinski definition) is 0. The Morgan fingerprint density at radius 2 is 1.35 bits per heavy atom. The van der Waals surface area contributed by atoms with Crippen LogP contribution in [0.5, 0.6) is 0 Å². The molecule has 4 rings (SSSR count). The molecule has 3 aromatic rings. The molecule has 1 saturated carbocycles.